The average molecular weight is 1380 g/mol. The molecule has 0 aliphatic heterocycles. The molecule has 0 amide bonds. The minimum Gasteiger partial charge on any atom is -0.475 e. The summed E-state index contributed by atoms with van der Waals surface area (Å²) in [5.41, 5.74) is 5.35. The number of aliphatic carboxylic acids is 1. The number of hydrogen-bond donors (Lipinski definition) is 8. The molecule has 0 aromatic heterocycles. The second kappa shape index (κ2) is 31.3. The van der Waals surface area contributed by atoms with Crippen LogP contribution in [0.4, 0.5) is 13.2 Å². The normalized spacial score (nSPS) is 42.6. The van der Waals surface area contributed by atoms with Gasteiger partial charge in [0.05, 0.1) is 54.7 Å². The lowest BCUT2D eigenvalue weighted by Crippen LogP contribution is -2.56. The molecule has 9 saturated carbocycles. The number of Topliss-reactive ketones (excluding diaryl/α,β-unsaturated/α-hetero) is 1. The number of nitrogens with zero attached hydrogens (tertiary/aromatic N) is 2. The molecule has 24 atom stereocenters. The van der Waals surface area contributed by atoms with Crippen molar-refractivity contribution in [3.8, 4) is 0 Å². The second-order valence-corrected chi connectivity index (χ2v) is 32.5. The number of aliphatic hydroxyl groups is 6. The second-order valence-electron chi connectivity index (χ2n) is 32.5. The fourth-order valence-corrected chi connectivity index (χ4v) is 22.1. The molecule has 21 heteroatoms. The van der Waals surface area contributed by atoms with Gasteiger partial charge in [0.2, 0.25) is 0 Å². The first-order valence-corrected chi connectivity index (χ1v) is 36.1. The summed E-state index contributed by atoms with van der Waals surface area (Å²) in [6.07, 6.45) is 19.0. The molecule has 9 fully saturated rings. The Balaban J connectivity index is 0.000000172. The first-order chi connectivity index (χ1) is 46.0. The van der Waals surface area contributed by atoms with Crippen LogP contribution in [-0.2, 0) is 38.5 Å². The van der Waals surface area contributed by atoms with Gasteiger partial charge in [0.25, 0.3) is 0 Å². The predicted octanol–water partition coefficient (Wildman–Crippen LogP) is 11.8. The molecular weight excluding hydrogens is 1260 g/mol. The number of rotatable bonds is 14. The van der Waals surface area contributed by atoms with E-state index in [9.17, 15) is 63.0 Å². The molecule has 3 unspecified atom stereocenters. The smallest absolute Gasteiger partial charge is 0.475 e. The summed E-state index contributed by atoms with van der Waals surface area (Å²) in [5, 5.41) is 77.5. The first-order valence-electron chi connectivity index (χ1n) is 36.1. The summed E-state index contributed by atoms with van der Waals surface area (Å²) in [7, 11) is 0. The van der Waals surface area contributed by atoms with Gasteiger partial charge in [-0.05, 0) is 229 Å². The van der Waals surface area contributed by atoms with Crippen molar-refractivity contribution in [2.24, 2.45) is 120 Å². The number of aliphatic hydroxyl groups excluding tert-OH is 6. The maximum atomic E-state index is 13.1. The highest BCUT2D eigenvalue weighted by Crippen LogP contribution is 2.69. The number of nitrogens with two attached hydrogens (primary N) is 1. The maximum Gasteiger partial charge on any atom is 0.490 e. The van der Waals surface area contributed by atoms with Crippen LogP contribution in [0, 0.1) is 104 Å². The van der Waals surface area contributed by atoms with E-state index >= 15 is 0 Å². The van der Waals surface area contributed by atoms with E-state index in [2.05, 4.69) is 96.2 Å². The lowest BCUT2D eigenvalue weighted by atomic mass is 9.47. The van der Waals surface area contributed by atoms with Gasteiger partial charge in [-0.2, -0.15) is 13.2 Å². The van der Waals surface area contributed by atoms with Crippen molar-refractivity contribution < 1.29 is 87.4 Å². The van der Waals surface area contributed by atoms with Crippen LogP contribution in [0.25, 0.3) is 0 Å². The van der Waals surface area contributed by atoms with Gasteiger partial charge < -0.3 is 50.3 Å². The van der Waals surface area contributed by atoms with E-state index in [1.807, 2.05) is 30.4 Å². The van der Waals surface area contributed by atoms with Gasteiger partial charge in [0, 0.05) is 48.3 Å². The summed E-state index contributed by atoms with van der Waals surface area (Å²) in [4.78, 5) is 75.4. The monoisotopic (exact) mass is 1380 g/mol. The largest absolute Gasteiger partial charge is 0.490 e. The minimum absolute atomic E-state index is 0.0234. The number of carbonyl (C=O) groups is 5. The molecular formula is C77H114F3N3O15. The summed E-state index contributed by atoms with van der Waals surface area (Å²) in [6, 6.07) is 0. The van der Waals surface area contributed by atoms with Crippen LogP contribution in [-0.4, -0.2) is 139 Å². The Morgan fingerprint density at radius 3 is 1.02 bits per heavy atom. The molecule has 9 N–H and O–H groups in total. The van der Waals surface area contributed by atoms with Crippen LogP contribution in [0.2, 0.25) is 0 Å². The molecule has 0 aromatic carbocycles. The summed E-state index contributed by atoms with van der Waals surface area (Å²) < 4.78 is 31.7. The van der Waals surface area contributed by atoms with E-state index in [-0.39, 0.29) is 79.3 Å². The zero-order valence-electron chi connectivity index (χ0n) is 59.5. The van der Waals surface area contributed by atoms with Crippen molar-refractivity contribution in [2.75, 3.05) is 19.8 Å². The van der Waals surface area contributed by atoms with Crippen LogP contribution in [0.1, 0.15) is 197 Å². The molecule has 12 rings (SSSR count). The van der Waals surface area contributed by atoms with Gasteiger partial charge in [-0.1, -0.05) is 86.8 Å². The summed E-state index contributed by atoms with van der Waals surface area (Å²) in [6.45, 7) is 31.9. The molecule has 12 aliphatic carbocycles. The van der Waals surface area contributed by atoms with Crippen molar-refractivity contribution in [1.29, 1.82) is 0 Å². The van der Waals surface area contributed by atoms with Crippen molar-refractivity contribution in [3.63, 3.8) is 0 Å². The number of ketones is 4. The van der Waals surface area contributed by atoms with E-state index in [1.54, 1.807) is 13.0 Å². The van der Waals surface area contributed by atoms with Crippen LogP contribution >= 0.6 is 0 Å². The highest BCUT2D eigenvalue weighted by molar-refractivity contribution is 5.96. The lowest BCUT2D eigenvalue weighted by molar-refractivity contribution is -0.192. The number of fused-ring (bicyclic) bond motifs is 15. The van der Waals surface area contributed by atoms with Gasteiger partial charge in [0.1, 0.15) is 19.0 Å². The van der Waals surface area contributed by atoms with E-state index < -0.39 is 48.8 Å². The maximum absolute atomic E-state index is 13.1. The number of carbonyl (C=O) groups excluding carboxylic acids is 4. The minimum atomic E-state index is -5.08. The lowest BCUT2D eigenvalue weighted by Gasteiger charge is -2.57. The van der Waals surface area contributed by atoms with Gasteiger partial charge in [0.15, 0.2) is 17.3 Å². The van der Waals surface area contributed by atoms with E-state index in [4.69, 9.17) is 19.6 Å². The fraction of sp³-hybridized carbons (Fsp3) is 0.753. The van der Waals surface area contributed by atoms with Crippen LogP contribution < -0.4 is 5.90 Å². The third-order valence-corrected chi connectivity index (χ3v) is 27.2. The Morgan fingerprint density at radius 1 is 0.480 bits per heavy atom. The quantitative estimate of drug-likeness (QED) is 0.0347. The van der Waals surface area contributed by atoms with Crippen molar-refractivity contribution in [3.05, 3.63) is 72.9 Å². The molecule has 0 bridgehead atoms. The van der Waals surface area contributed by atoms with E-state index in [0.29, 0.717) is 106 Å². The number of carboxylic acid groups (broad SMARTS) is 1. The molecule has 548 valence electrons. The Hall–Kier alpha value is -5.00. The standard InChI is InChI=1S/2C25H37NO4.C21H30O4.C4H9NO.C2HF3O2/c2*1-5-6-11-30-26-15(2)17-7-8-18-16-12-21(27)20-13-22(28)23(29)14-25(20,4)19(16)9-10-24(17,18)3;1-11(22)13-4-5-14-12-8-17(23)16-9-18(24)19(25)10-21(16,3)15(12)6-7-20(13,14)2;1-2-3-4-6-5;3-2(4,5)1(6)7/h2*5,12,17-20,22-23,28-29H,1,6-11,13-14H2,2-4H3;8,13-16,18-19,24-25H,4-7,9-10H2,1-3H3;2H,1,3-5H2;(H,6,7)/b2*26-15+;;;/t17-,18+,19?,20+,22-,23+,24-,25-;17-,18-,19?,20+,22-,23+,24-,25-;13-,14-,15?,16+,18-,19+,20-,21-;;/m111../s1. The summed E-state index contributed by atoms with van der Waals surface area (Å²) in [5.74, 6) is 4.94. The number of allylic oxidation sites excluding steroid dienone is 6. The van der Waals surface area contributed by atoms with E-state index in [1.165, 1.54) is 16.7 Å². The fourth-order valence-electron chi connectivity index (χ4n) is 22.1. The molecule has 98 heavy (non-hydrogen) atoms. The molecule has 0 radical (unpaired) electrons. The molecule has 18 nitrogen and oxygen atoms in total. The van der Waals surface area contributed by atoms with Gasteiger partial charge in [-0.3, -0.25) is 19.2 Å². The average Bonchev–Trinajstić information content (AvgIpc) is 1.56. The molecule has 0 spiro atoms. The Labute approximate surface area is 577 Å². The van der Waals surface area contributed by atoms with Gasteiger partial charge in [-0.25, -0.2) is 10.7 Å². The van der Waals surface area contributed by atoms with Gasteiger partial charge in [-0.15, -0.1) is 19.7 Å². The number of halogens is 3. The number of oxime groups is 2. The summed E-state index contributed by atoms with van der Waals surface area (Å²) >= 11 is 0. The van der Waals surface area contributed by atoms with Crippen molar-refractivity contribution in [1.82, 2.24) is 0 Å². The van der Waals surface area contributed by atoms with Crippen LogP contribution in [0.3, 0.4) is 0 Å². The van der Waals surface area contributed by atoms with E-state index in [0.717, 1.165) is 108 Å². The Kier molecular flexibility index (Phi) is 25.1. The van der Waals surface area contributed by atoms with Crippen molar-refractivity contribution >= 4 is 40.5 Å². The SMILES string of the molecule is C=CCCO/N=C(\C)[C@H]1CC[C@@H]2C3=CC(=O)[C@@H]4C[C@@H](O)[C@@H](O)C[C@]4(C)C3CC[C@@]21C.C=CCCO/N=C(\C)[C@H]1CC[C@H]2C3=CC(=O)[C@@H]4C[C@@H](O)[C@@H](O)C[C@]4(C)C3CC[C@]12C.C=CCCON.CC(=O)[C@H]1CC[C@@H]2C3=CC(=O)[C@@H]4C[C@@H](O)[C@@H](O)C[C@]4(C)C3CC[C@]12C.O=C(O)C(F)(F)F. The Morgan fingerprint density at radius 2 is 0.755 bits per heavy atom. The third kappa shape index (κ3) is 15.2. The highest BCUT2D eigenvalue weighted by atomic mass is 19.4. The Bertz CT molecular complexity index is 3000. The zero-order chi connectivity index (χ0) is 72.4. The van der Waals surface area contributed by atoms with Gasteiger partial charge >= 0.3 is 12.1 Å². The van der Waals surface area contributed by atoms with Crippen molar-refractivity contribution in [2.45, 2.75) is 240 Å². The molecule has 0 aromatic rings. The molecule has 12 aliphatic rings. The predicted molar refractivity (Wildman–Crippen MR) is 366 cm³/mol. The topological polar surface area (TPSA) is 305 Å². The molecule has 0 saturated heterocycles. The zero-order valence-corrected chi connectivity index (χ0v) is 59.5. The number of carboxylic acids is 1. The molecule has 0 heterocycles. The van der Waals surface area contributed by atoms with Crippen LogP contribution in [0.5, 0.6) is 0 Å². The van der Waals surface area contributed by atoms with Crippen LogP contribution in [0.15, 0.2) is 83.2 Å². The first kappa shape index (κ1) is 78.7. The number of hydrogen-bond acceptors (Lipinski definition) is 17. The third-order valence-electron chi connectivity index (χ3n) is 27.2. The highest BCUT2D eigenvalue weighted by Gasteiger charge is 2.65. The number of alkyl halides is 3.